The second-order valence-corrected chi connectivity index (χ2v) is 1.99. The minimum absolute atomic E-state index is 0. The fourth-order valence-electron chi connectivity index (χ4n) is 0.789. The van der Waals surface area contributed by atoms with Crippen molar-refractivity contribution in [3.05, 3.63) is 41.6 Å². The zero-order chi connectivity index (χ0) is 6.53. The maximum absolute atomic E-state index is 6.94. The molecule has 1 aromatic rings. The minimum Gasteiger partial charge on any atom is -0.677 e. The van der Waals surface area contributed by atoms with Gasteiger partial charge in [0, 0.05) is 0 Å². The van der Waals surface area contributed by atoms with Gasteiger partial charge in [-0.3, -0.25) is 0 Å². The van der Waals surface area contributed by atoms with Gasteiger partial charge in [0.1, 0.15) is 0 Å². The Morgan fingerprint density at radius 3 is 2.20 bits per heavy atom. The van der Waals surface area contributed by atoms with Crippen LogP contribution in [0.1, 0.15) is 5.56 Å². The van der Waals surface area contributed by atoms with Crippen LogP contribution in [0.5, 0.6) is 0 Å². The molecule has 0 spiro atoms. The van der Waals surface area contributed by atoms with Gasteiger partial charge in [0.2, 0.25) is 0 Å². The molecule has 2 heteroatoms. The Kier molecular flexibility index (Phi) is 7.05. The minimum atomic E-state index is 0. The topological polar surface area (TPSA) is 23.8 Å². The molecule has 1 nitrogen and oxygen atoms in total. The van der Waals surface area contributed by atoms with Crippen LogP contribution in [-0.2, 0) is 6.42 Å². The van der Waals surface area contributed by atoms with E-state index in [0.29, 0.717) is 6.54 Å². The maximum atomic E-state index is 6.94. The fourth-order valence-corrected chi connectivity index (χ4v) is 0.789. The zero-order valence-corrected chi connectivity index (χ0v) is 9.42. The second-order valence-electron chi connectivity index (χ2n) is 1.99. The molecule has 48 valence electrons. The van der Waals surface area contributed by atoms with Crippen LogP contribution in [0.4, 0.5) is 0 Å². The van der Waals surface area contributed by atoms with Crippen molar-refractivity contribution < 1.29 is 51.4 Å². The van der Waals surface area contributed by atoms with Crippen LogP contribution in [0.2, 0.25) is 0 Å². The van der Waals surface area contributed by atoms with Crippen molar-refractivity contribution in [3.63, 3.8) is 0 Å². The summed E-state index contributed by atoms with van der Waals surface area (Å²) in [5, 5.41) is 0. The molecule has 1 N–H and O–H groups in total. The number of hydrogen-bond donors (Lipinski definition) is 0. The van der Waals surface area contributed by atoms with Gasteiger partial charge in [0.15, 0.2) is 0 Å². The summed E-state index contributed by atoms with van der Waals surface area (Å²) in [6, 6.07) is 10.1. The van der Waals surface area contributed by atoms with Gasteiger partial charge >= 0.3 is 51.4 Å². The van der Waals surface area contributed by atoms with Crippen molar-refractivity contribution in [1.29, 1.82) is 0 Å². The largest absolute Gasteiger partial charge is 1.00 e. The molecule has 0 aliphatic rings. The van der Waals surface area contributed by atoms with Crippen LogP contribution in [0.25, 0.3) is 5.73 Å². The summed E-state index contributed by atoms with van der Waals surface area (Å²) in [5.41, 5.74) is 8.20. The molecule has 0 saturated carbocycles. The standard InChI is InChI=1S/C8H10N.K/c9-7-6-8-4-2-1-3-5-8;/h1-5,9H,6-7H2;/q-1;+1. The average molecular weight is 159 g/mol. The summed E-state index contributed by atoms with van der Waals surface area (Å²) in [4.78, 5) is 0. The predicted octanol–water partition coefficient (Wildman–Crippen LogP) is -0.715. The van der Waals surface area contributed by atoms with Crippen molar-refractivity contribution in [3.8, 4) is 0 Å². The predicted molar refractivity (Wildman–Crippen MR) is 39.3 cm³/mol. The second kappa shape index (κ2) is 6.52. The molecule has 0 unspecified atom stereocenters. The van der Waals surface area contributed by atoms with E-state index < -0.39 is 0 Å². The summed E-state index contributed by atoms with van der Waals surface area (Å²) in [6.45, 7) is 0.490. The van der Waals surface area contributed by atoms with E-state index in [9.17, 15) is 0 Å². The molecule has 0 aliphatic carbocycles. The third-order valence-corrected chi connectivity index (χ3v) is 1.26. The number of rotatable bonds is 2. The Bertz CT molecular complexity index is 162. The Labute approximate surface area is 104 Å². The maximum Gasteiger partial charge on any atom is 1.00 e. The quantitative estimate of drug-likeness (QED) is 0.509. The van der Waals surface area contributed by atoms with Crippen molar-refractivity contribution in [2.45, 2.75) is 6.42 Å². The summed E-state index contributed by atoms with van der Waals surface area (Å²) in [6.07, 6.45) is 0.876. The van der Waals surface area contributed by atoms with Crippen LogP contribution < -0.4 is 51.4 Å². The molecule has 1 aromatic carbocycles. The number of hydrogen-bond acceptors (Lipinski definition) is 0. The first-order valence-corrected chi connectivity index (χ1v) is 3.12. The summed E-state index contributed by atoms with van der Waals surface area (Å²) < 4.78 is 0. The van der Waals surface area contributed by atoms with Gasteiger partial charge in [0.05, 0.1) is 0 Å². The van der Waals surface area contributed by atoms with Gasteiger partial charge in [-0.1, -0.05) is 30.3 Å². The van der Waals surface area contributed by atoms with Crippen LogP contribution in [0, 0.1) is 0 Å². The summed E-state index contributed by atoms with van der Waals surface area (Å²) in [5.74, 6) is 0. The summed E-state index contributed by atoms with van der Waals surface area (Å²) in [7, 11) is 0. The monoisotopic (exact) mass is 159 g/mol. The molecular formula is C8H10KN. The van der Waals surface area contributed by atoms with E-state index in [1.54, 1.807) is 0 Å². The number of nitrogens with one attached hydrogen (secondary N) is 1. The van der Waals surface area contributed by atoms with Gasteiger partial charge in [-0.25, -0.2) is 0 Å². The molecule has 0 bridgehead atoms. The van der Waals surface area contributed by atoms with Gasteiger partial charge in [-0.15, -0.1) is 6.54 Å². The van der Waals surface area contributed by atoms with E-state index in [1.807, 2.05) is 18.2 Å². The van der Waals surface area contributed by atoms with Crippen LogP contribution in [0.15, 0.2) is 30.3 Å². The fraction of sp³-hybridized carbons (Fsp3) is 0.250. The van der Waals surface area contributed by atoms with Gasteiger partial charge < -0.3 is 5.73 Å². The smallest absolute Gasteiger partial charge is 0.677 e. The SMILES string of the molecule is [K+].[NH-]CCc1ccccc1. The first-order valence-electron chi connectivity index (χ1n) is 3.12. The van der Waals surface area contributed by atoms with Gasteiger partial charge in [0.25, 0.3) is 0 Å². The van der Waals surface area contributed by atoms with Gasteiger partial charge in [-0.2, -0.15) is 0 Å². The first kappa shape index (κ1) is 10.8. The normalized spacial score (nSPS) is 8.50. The molecule has 0 amide bonds. The molecule has 0 saturated heterocycles. The van der Waals surface area contributed by atoms with Gasteiger partial charge in [-0.05, 0) is 12.0 Å². The Hall–Kier alpha value is 0.816. The zero-order valence-electron chi connectivity index (χ0n) is 6.30. The van der Waals surface area contributed by atoms with Crippen molar-refractivity contribution in [2.24, 2.45) is 0 Å². The third-order valence-electron chi connectivity index (χ3n) is 1.26. The van der Waals surface area contributed by atoms with E-state index in [0.717, 1.165) is 6.42 Å². The Morgan fingerprint density at radius 1 is 1.10 bits per heavy atom. The van der Waals surface area contributed by atoms with Crippen molar-refractivity contribution in [2.75, 3.05) is 6.54 Å². The number of benzene rings is 1. The molecule has 1 rings (SSSR count). The van der Waals surface area contributed by atoms with Crippen LogP contribution >= 0.6 is 0 Å². The van der Waals surface area contributed by atoms with E-state index in [2.05, 4.69) is 12.1 Å². The third kappa shape index (κ3) is 3.86. The molecule has 0 atom stereocenters. The van der Waals surface area contributed by atoms with E-state index in [1.165, 1.54) is 5.56 Å². The van der Waals surface area contributed by atoms with Crippen LogP contribution in [0.3, 0.4) is 0 Å². The van der Waals surface area contributed by atoms with Crippen molar-refractivity contribution in [1.82, 2.24) is 0 Å². The Balaban J connectivity index is 0.000000810. The summed E-state index contributed by atoms with van der Waals surface area (Å²) >= 11 is 0. The first-order chi connectivity index (χ1) is 4.43. The molecule has 0 aliphatic heterocycles. The van der Waals surface area contributed by atoms with E-state index in [-0.39, 0.29) is 51.4 Å². The van der Waals surface area contributed by atoms with Crippen molar-refractivity contribution >= 4 is 0 Å². The molecular weight excluding hydrogens is 149 g/mol. The molecule has 0 heterocycles. The molecule has 10 heavy (non-hydrogen) atoms. The van der Waals surface area contributed by atoms with E-state index >= 15 is 0 Å². The van der Waals surface area contributed by atoms with E-state index in [4.69, 9.17) is 5.73 Å². The average Bonchev–Trinajstić information content (AvgIpc) is 1.91. The Morgan fingerprint density at radius 2 is 1.70 bits per heavy atom. The van der Waals surface area contributed by atoms with Crippen LogP contribution in [-0.4, -0.2) is 6.54 Å². The molecule has 0 aromatic heterocycles. The molecule has 0 radical (unpaired) electrons. The molecule has 0 fully saturated rings.